The van der Waals surface area contributed by atoms with E-state index in [-0.39, 0.29) is 5.78 Å². The monoisotopic (exact) mass is 408 g/mol. The van der Waals surface area contributed by atoms with Crippen LogP contribution >= 0.6 is 0 Å². The number of allylic oxidation sites excluding steroid dienone is 1. The van der Waals surface area contributed by atoms with E-state index in [4.69, 9.17) is 0 Å². The van der Waals surface area contributed by atoms with Crippen LogP contribution in [-0.4, -0.2) is 54.2 Å². The molecule has 162 valence electrons. The molecule has 1 aromatic carbocycles. The second kappa shape index (κ2) is 9.61. The van der Waals surface area contributed by atoms with Gasteiger partial charge in [-0.05, 0) is 75.7 Å². The molecule has 0 aliphatic carbocycles. The van der Waals surface area contributed by atoms with Gasteiger partial charge < -0.3 is 9.80 Å². The first-order chi connectivity index (χ1) is 14.2. The number of Topliss-reactive ketones (excluding diaryl/α,β-unsaturated/α-hetero) is 1. The zero-order valence-electron chi connectivity index (χ0n) is 19.1. The predicted molar refractivity (Wildman–Crippen MR) is 125 cm³/mol. The highest BCUT2D eigenvalue weighted by Gasteiger charge is 2.26. The van der Waals surface area contributed by atoms with Gasteiger partial charge in [0.05, 0.1) is 0 Å². The lowest BCUT2D eigenvalue weighted by Gasteiger charge is -2.34. The summed E-state index contributed by atoms with van der Waals surface area (Å²) >= 11 is 0. The van der Waals surface area contributed by atoms with Gasteiger partial charge in [0.2, 0.25) is 0 Å². The van der Waals surface area contributed by atoms with Gasteiger partial charge in [0.25, 0.3) is 0 Å². The third-order valence-electron chi connectivity index (χ3n) is 5.80. The summed E-state index contributed by atoms with van der Waals surface area (Å²) in [5, 5.41) is 4.31. The van der Waals surface area contributed by atoms with Gasteiger partial charge in [0.1, 0.15) is 5.70 Å². The molecular formula is C25H36N4O. The van der Waals surface area contributed by atoms with Crippen molar-refractivity contribution in [3.63, 3.8) is 0 Å². The van der Waals surface area contributed by atoms with Crippen LogP contribution in [0.3, 0.4) is 0 Å². The minimum atomic E-state index is -0.468. The maximum absolute atomic E-state index is 13.1. The van der Waals surface area contributed by atoms with Gasteiger partial charge in [-0.3, -0.25) is 4.79 Å². The molecule has 1 saturated heterocycles. The highest BCUT2D eigenvalue weighted by Crippen LogP contribution is 2.28. The van der Waals surface area contributed by atoms with E-state index in [2.05, 4.69) is 53.3 Å². The fraction of sp³-hybridized carbons (Fsp3) is 0.520. The summed E-state index contributed by atoms with van der Waals surface area (Å²) in [4.78, 5) is 17.8. The van der Waals surface area contributed by atoms with E-state index in [9.17, 15) is 4.79 Å². The third-order valence-corrected chi connectivity index (χ3v) is 5.80. The Morgan fingerprint density at radius 3 is 2.53 bits per heavy atom. The van der Waals surface area contributed by atoms with Crippen molar-refractivity contribution >= 4 is 23.2 Å². The molecule has 0 radical (unpaired) electrons. The van der Waals surface area contributed by atoms with Crippen LogP contribution in [0.1, 0.15) is 45.6 Å². The Hall–Kier alpha value is -2.40. The fourth-order valence-corrected chi connectivity index (χ4v) is 3.92. The second-order valence-electron chi connectivity index (χ2n) is 9.68. The van der Waals surface area contributed by atoms with Crippen molar-refractivity contribution in [3.8, 4) is 0 Å². The first-order valence-electron chi connectivity index (χ1n) is 11.0. The molecule has 3 rings (SSSR count). The lowest BCUT2D eigenvalue weighted by Crippen LogP contribution is -2.34. The van der Waals surface area contributed by atoms with Crippen LogP contribution < -0.4 is 4.90 Å². The van der Waals surface area contributed by atoms with Crippen LogP contribution in [0.25, 0.3) is 11.8 Å². The van der Waals surface area contributed by atoms with Crippen molar-refractivity contribution in [1.29, 1.82) is 0 Å². The fourth-order valence-electron chi connectivity index (χ4n) is 3.92. The number of nitrogens with zero attached hydrogens (tertiary/aromatic N) is 4. The van der Waals surface area contributed by atoms with E-state index in [1.54, 1.807) is 10.9 Å². The standard InChI is InChI=1S/C25H36N4O/c1-25(2,3)24(30)23(29-14-7-13-26-29)19-21-8-6-9-22(18-21)28-16-11-20(12-17-28)10-15-27(4)5/h6-9,13-14,18-20H,10-12,15-17H2,1-5H3/b23-19-. The predicted octanol–water partition coefficient (Wildman–Crippen LogP) is 4.66. The van der Waals surface area contributed by atoms with Gasteiger partial charge in [0.15, 0.2) is 5.78 Å². The molecule has 1 aliphatic heterocycles. The van der Waals surface area contributed by atoms with Crippen LogP contribution in [0.15, 0.2) is 42.7 Å². The Kier molecular flexibility index (Phi) is 7.14. The van der Waals surface area contributed by atoms with E-state index in [0.29, 0.717) is 5.70 Å². The van der Waals surface area contributed by atoms with Crippen molar-refractivity contribution in [3.05, 3.63) is 48.3 Å². The second-order valence-corrected chi connectivity index (χ2v) is 9.68. The van der Waals surface area contributed by atoms with Crippen molar-refractivity contribution in [2.24, 2.45) is 11.3 Å². The Bertz CT molecular complexity index is 854. The number of carbonyl (C=O) groups excluding carboxylic acids is 1. The number of aromatic nitrogens is 2. The van der Waals surface area contributed by atoms with E-state index < -0.39 is 5.41 Å². The molecule has 30 heavy (non-hydrogen) atoms. The van der Waals surface area contributed by atoms with Crippen molar-refractivity contribution in [1.82, 2.24) is 14.7 Å². The number of rotatable bonds is 7. The van der Waals surface area contributed by atoms with E-state index in [0.717, 1.165) is 24.6 Å². The summed E-state index contributed by atoms with van der Waals surface area (Å²) in [6, 6.07) is 10.4. The molecule has 0 spiro atoms. The lowest BCUT2D eigenvalue weighted by atomic mass is 9.88. The maximum atomic E-state index is 13.1. The molecule has 1 aromatic heterocycles. The molecule has 0 bridgehead atoms. The van der Waals surface area contributed by atoms with Gasteiger partial charge in [0, 0.05) is 36.6 Å². The zero-order valence-corrected chi connectivity index (χ0v) is 19.1. The average molecular weight is 409 g/mol. The molecule has 0 N–H and O–H groups in total. The first kappa shape index (κ1) is 22.3. The molecule has 2 aromatic rings. The van der Waals surface area contributed by atoms with Gasteiger partial charge >= 0.3 is 0 Å². The number of carbonyl (C=O) groups is 1. The molecular weight excluding hydrogens is 372 g/mol. The number of anilines is 1. The number of benzene rings is 1. The van der Waals surface area contributed by atoms with Gasteiger partial charge in [-0.15, -0.1) is 0 Å². The molecule has 0 atom stereocenters. The average Bonchev–Trinajstić information content (AvgIpc) is 3.24. The normalized spacial score (nSPS) is 16.3. The molecule has 0 unspecified atom stereocenters. The Morgan fingerprint density at radius 2 is 1.93 bits per heavy atom. The molecule has 5 nitrogen and oxygen atoms in total. The first-order valence-corrected chi connectivity index (χ1v) is 11.0. The summed E-state index contributed by atoms with van der Waals surface area (Å²) in [6.07, 6.45) is 9.28. The van der Waals surface area contributed by atoms with Gasteiger partial charge in [-0.2, -0.15) is 5.10 Å². The molecule has 0 saturated carbocycles. The van der Waals surface area contributed by atoms with Crippen LogP contribution in [0.4, 0.5) is 5.69 Å². The van der Waals surface area contributed by atoms with Crippen LogP contribution in [0.5, 0.6) is 0 Å². The third kappa shape index (κ3) is 5.82. The maximum Gasteiger partial charge on any atom is 0.186 e. The van der Waals surface area contributed by atoms with Gasteiger partial charge in [-0.25, -0.2) is 4.68 Å². The summed E-state index contributed by atoms with van der Waals surface area (Å²) in [6.45, 7) is 9.20. The molecule has 1 fully saturated rings. The molecule has 2 heterocycles. The minimum absolute atomic E-state index is 0.0818. The summed E-state index contributed by atoms with van der Waals surface area (Å²) in [7, 11) is 4.30. The van der Waals surface area contributed by atoms with Gasteiger partial charge in [-0.1, -0.05) is 32.9 Å². The Labute approximate surface area is 181 Å². The summed E-state index contributed by atoms with van der Waals surface area (Å²) in [5.74, 6) is 0.904. The SMILES string of the molecule is CN(C)CCC1CCN(c2cccc(/C=C(/C(=O)C(C)(C)C)n3cccn3)c2)CC1. The van der Waals surface area contributed by atoms with Crippen molar-refractivity contribution in [2.75, 3.05) is 38.6 Å². The van der Waals surface area contributed by atoms with E-state index in [1.807, 2.05) is 39.1 Å². The topological polar surface area (TPSA) is 41.4 Å². The van der Waals surface area contributed by atoms with Crippen LogP contribution in [0.2, 0.25) is 0 Å². The van der Waals surface area contributed by atoms with E-state index >= 15 is 0 Å². The number of hydrogen-bond acceptors (Lipinski definition) is 4. The number of piperidine rings is 1. The highest BCUT2D eigenvalue weighted by atomic mass is 16.1. The number of ketones is 1. The summed E-state index contributed by atoms with van der Waals surface area (Å²) in [5.41, 5.74) is 2.40. The van der Waals surface area contributed by atoms with Crippen LogP contribution in [0, 0.1) is 11.3 Å². The summed E-state index contributed by atoms with van der Waals surface area (Å²) < 4.78 is 1.68. The smallest absolute Gasteiger partial charge is 0.186 e. The highest BCUT2D eigenvalue weighted by molar-refractivity contribution is 6.21. The number of hydrogen-bond donors (Lipinski definition) is 0. The zero-order chi connectivity index (χ0) is 21.7. The van der Waals surface area contributed by atoms with E-state index in [1.165, 1.54) is 31.5 Å². The Morgan fingerprint density at radius 1 is 1.20 bits per heavy atom. The minimum Gasteiger partial charge on any atom is -0.371 e. The molecule has 1 aliphatic rings. The lowest BCUT2D eigenvalue weighted by molar-refractivity contribution is -0.120. The molecule has 0 amide bonds. The van der Waals surface area contributed by atoms with Crippen molar-refractivity contribution < 1.29 is 4.79 Å². The quantitative estimate of drug-likeness (QED) is 0.625. The Balaban J connectivity index is 1.77. The van der Waals surface area contributed by atoms with Crippen LogP contribution in [-0.2, 0) is 4.79 Å². The largest absolute Gasteiger partial charge is 0.371 e. The van der Waals surface area contributed by atoms with Crippen molar-refractivity contribution in [2.45, 2.75) is 40.0 Å². The molecule has 5 heteroatoms.